The summed E-state index contributed by atoms with van der Waals surface area (Å²) >= 11 is 0. The zero-order chi connectivity index (χ0) is 6.91. The van der Waals surface area contributed by atoms with Gasteiger partial charge in [-0.3, -0.25) is 0 Å². The lowest BCUT2D eigenvalue weighted by atomic mass is 10.2. The minimum atomic E-state index is -1.70. The maximum absolute atomic E-state index is 11.3. The van der Waals surface area contributed by atoms with Crippen molar-refractivity contribution >= 4 is 7.14 Å². The van der Waals surface area contributed by atoms with Crippen LogP contribution in [-0.4, -0.2) is 25.0 Å². The Bertz CT molecular complexity index is 134. The summed E-state index contributed by atoms with van der Waals surface area (Å²) in [5, 5.41) is 0. The normalized spacial score (nSPS) is 44.9. The third-order valence-electron chi connectivity index (χ3n) is 1.95. The quantitative estimate of drug-likeness (QED) is 0.521. The van der Waals surface area contributed by atoms with Gasteiger partial charge in [-0.15, -0.1) is 0 Å². The Labute approximate surface area is 56.2 Å². The van der Waals surface area contributed by atoms with Crippen LogP contribution < -0.4 is 5.73 Å². The fourth-order valence-electron chi connectivity index (χ4n) is 1.13. The summed E-state index contributed by atoms with van der Waals surface area (Å²) in [6.07, 6.45) is 3.67. The van der Waals surface area contributed by atoms with E-state index >= 15 is 0 Å². The van der Waals surface area contributed by atoms with Gasteiger partial charge in [-0.2, -0.15) is 0 Å². The van der Waals surface area contributed by atoms with Gasteiger partial charge < -0.3 is 10.3 Å². The Balaban J connectivity index is 2.44. The summed E-state index contributed by atoms with van der Waals surface area (Å²) < 4.78 is 11.3. The molecule has 1 fully saturated rings. The number of rotatable bonds is 0. The Morgan fingerprint density at radius 3 is 2.22 bits per heavy atom. The fraction of sp³-hybridized carbons (Fsp3) is 1.00. The second-order valence-electron chi connectivity index (χ2n) is 3.08. The highest BCUT2D eigenvalue weighted by atomic mass is 31.2. The number of hydrogen-bond donors (Lipinski definition) is 1. The molecule has 0 aromatic rings. The SMILES string of the molecule is CP1(=O)CCC(N)CC1. The van der Waals surface area contributed by atoms with Gasteiger partial charge in [0.05, 0.1) is 7.14 Å². The third-order valence-corrected chi connectivity index (χ3v) is 4.35. The molecule has 0 spiro atoms. The van der Waals surface area contributed by atoms with Crippen LogP contribution in [0.15, 0.2) is 0 Å². The van der Waals surface area contributed by atoms with E-state index in [-0.39, 0.29) is 0 Å². The number of nitrogens with two attached hydrogens (primary N) is 1. The third kappa shape index (κ3) is 2.11. The standard InChI is InChI=1S/C6H14NOP/c1-9(8)4-2-6(7)3-5-9/h6H,2-5,7H2,1H3. The van der Waals surface area contributed by atoms with E-state index in [1.165, 1.54) is 0 Å². The van der Waals surface area contributed by atoms with Gasteiger partial charge in [0.2, 0.25) is 0 Å². The average Bonchev–Trinajstić information content (AvgIpc) is 1.78. The van der Waals surface area contributed by atoms with Gasteiger partial charge in [0, 0.05) is 18.4 Å². The van der Waals surface area contributed by atoms with Crippen molar-refractivity contribution in [2.75, 3.05) is 19.0 Å². The van der Waals surface area contributed by atoms with Crippen molar-refractivity contribution in [3.63, 3.8) is 0 Å². The Kier molecular flexibility index (Phi) is 1.97. The molecule has 1 heterocycles. The van der Waals surface area contributed by atoms with Crippen LogP contribution in [0.5, 0.6) is 0 Å². The molecule has 9 heavy (non-hydrogen) atoms. The van der Waals surface area contributed by atoms with Gasteiger partial charge in [0.1, 0.15) is 0 Å². The van der Waals surface area contributed by atoms with Crippen molar-refractivity contribution in [1.82, 2.24) is 0 Å². The van der Waals surface area contributed by atoms with Crippen molar-refractivity contribution in [3.8, 4) is 0 Å². The zero-order valence-electron chi connectivity index (χ0n) is 5.84. The topological polar surface area (TPSA) is 43.1 Å². The predicted molar refractivity (Wildman–Crippen MR) is 40.5 cm³/mol. The molecule has 0 saturated carbocycles. The summed E-state index contributed by atoms with van der Waals surface area (Å²) in [4.78, 5) is 0. The van der Waals surface area contributed by atoms with Gasteiger partial charge in [0.15, 0.2) is 0 Å². The number of hydrogen-bond acceptors (Lipinski definition) is 2. The molecule has 0 radical (unpaired) electrons. The minimum Gasteiger partial charge on any atom is -0.328 e. The highest BCUT2D eigenvalue weighted by Crippen LogP contribution is 2.45. The van der Waals surface area contributed by atoms with Crippen LogP contribution in [0, 0.1) is 0 Å². The van der Waals surface area contributed by atoms with Crippen molar-refractivity contribution in [2.45, 2.75) is 18.9 Å². The summed E-state index contributed by atoms with van der Waals surface area (Å²) in [5.41, 5.74) is 5.63. The summed E-state index contributed by atoms with van der Waals surface area (Å²) in [5.74, 6) is 0. The minimum absolute atomic E-state index is 0.326. The van der Waals surface area contributed by atoms with Gasteiger partial charge in [0.25, 0.3) is 0 Å². The van der Waals surface area contributed by atoms with E-state index in [0.717, 1.165) is 25.2 Å². The van der Waals surface area contributed by atoms with Gasteiger partial charge in [-0.1, -0.05) is 0 Å². The second-order valence-corrected chi connectivity index (χ2v) is 6.57. The van der Waals surface area contributed by atoms with Crippen molar-refractivity contribution in [1.29, 1.82) is 0 Å². The van der Waals surface area contributed by atoms with Gasteiger partial charge in [-0.25, -0.2) is 0 Å². The molecule has 0 amide bonds. The maximum atomic E-state index is 11.3. The molecule has 1 aliphatic rings. The molecule has 1 rings (SSSR count). The van der Waals surface area contributed by atoms with Crippen LogP contribution in [0.4, 0.5) is 0 Å². The molecular formula is C6H14NOP. The smallest absolute Gasteiger partial charge is 0.0849 e. The molecule has 3 heteroatoms. The second kappa shape index (κ2) is 2.43. The molecule has 0 bridgehead atoms. The van der Waals surface area contributed by atoms with Crippen LogP contribution >= 0.6 is 7.14 Å². The molecule has 0 unspecified atom stereocenters. The van der Waals surface area contributed by atoms with E-state index < -0.39 is 7.14 Å². The highest BCUT2D eigenvalue weighted by molar-refractivity contribution is 7.63. The summed E-state index contributed by atoms with van der Waals surface area (Å²) in [7, 11) is -1.70. The molecule has 1 saturated heterocycles. The molecule has 1 aliphatic heterocycles. The molecule has 2 N–H and O–H groups in total. The molecule has 2 nitrogen and oxygen atoms in total. The molecule has 0 atom stereocenters. The lowest BCUT2D eigenvalue weighted by Gasteiger charge is -2.23. The van der Waals surface area contributed by atoms with Crippen LogP contribution in [0.1, 0.15) is 12.8 Å². The van der Waals surface area contributed by atoms with Crippen LogP contribution in [0.25, 0.3) is 0 Å². The van der Waals surface area contributed by atoms with Crippen molar-refractivity contribution in [2.24, 2.45) is 5.73 Å². The first-order valence-corrected chi connectivity index (χ1v) is 5.94. The average molecular weight is 147 g/mol. The first-order chi connectivity index (χ1) is 4.10. The lowest BCUT2D eigenvalue weighted by molar-refractivity contribution is 0.543. The molecule has 0 aromatic carbocycles. The highest BCUT2D eigenvalue weighted by Gasteiger charge is 2.22. The van der Waals surface area contributed by atoms with Crippen LogP contribution in [-0.2, 0) is 4.57 Å². The van der Waals surface area contributed by atoms with Crippen LogP contribution in [0.2, 0.25) is 0 Å². The Morgan fingerprint density at radius 2 is 1.89 bits per heavy atom. The van der Waals surface area contributed by atoms with Gasteiger partial charge in [-0.05, 0) is 19.5 Å². The van der Waals surface area contributed by atoms with E-state index in [0.29, 0.717) is 6.04 Å². The molecular weight excluding hydrogens is 133 g/mol. The Morgan fingerprint density at radius 1 is 1.44 bits per heavy atom. The van der Waals surface area contributed by atoms with E-state index in [1.807, 2.05) is 6.66 Å². The molecule has 0 aromatic heterocycles. The van der Waals surface area contributed by atoms with Crippen molar-refractivity contribution in [3.05, 3.63) is 0 Å². The fourth-order valence-corrected chi connectivity index (χ4v) is 3.11. The Hall–Kier alpha value is 0.190. The first-order valence-electron chi connectivity index (χ1n) is 3.41. The predicted octanol–water partition coefficient (Wildman–Crippen LogP) is 1.10. The summed E-state index contributed by atoms with van der Waals surface area (Å²) in [6, 6.07) is 0.326. The lowest BCUT2D eigenvalue weighted by Crippen LogP contribution is -2.26. The van der Waals surface area contributed by atoms with Crippen molar-refractivity contribution < 1.29 is 4.57 Å². The van der Waals surface area contributed by atoms with E-state index in [1.54, 1.807) is 0 Å². The maximum Gasteiger partial charge on any atom is 0.0849 e. The monoisotopic (exact) mass is 147 g/mol. The first kappa shape index (κ1) is 7.30. The molecule has 0 aliphatic carbocycles. The van der Waals surface area contributed by atoms with E-state index in [4.69, 9.17) is 5.73 Å². The summed E-state index contributed by atoms with van der Waals surface area (Å²) in [6.45, 7) is 1.89. The van der Waals surface area contributed by atoms with Crippen LogP contribution in [0.3, 0.4) is 0 Å². The van der Waals surface area contributed by atoms with E-state index in [9.17, 15) is 4.57 Å². The molecule has 54 valence electrons. The zero-order valence-corrected chi connectivity index (χ0v) is 6.73. The van der Waals surface area contributed by atoms with Gasteiger partial charge >= 0.3 is 0 Å². The van der Waals surface area contributed by atoms with E-state index in [2.05, 4.69) is 0 Å². The largest absolute Gasteiger partial charge is 0.328 e.